The molecule has 0 aliphatic heterocycles. The maximum Gasteiger partial charge on any atom is 0.118 e. The maximum absolute atomic E-state index is 9.32. The van der Waals surface area contributed by atoms with Gasteiger partial charge in [-0.1, -0.05) is 6.92 Å². The van der Waals surface area contributed by atoms with E-state index in [1.807, 2.05) is 19.1 Å². The summed E-state index contributed by atoms with van der Waals surface area (Å²) in [4.78, 5) is 0. The Bertz CT molecular complexity index is 279. The van der Waals surface area contributed by atoms with Gasteiger partial charge in [-0.05, 0) is 18.6 Å². The molecule has 1 aromatic rings. The molecular formula is C11H19NO3S. The summed E-state index contributed by atoms with van der Waals surface area (Å²) in [6, 6.07) is 3.70. The predicted molar refractivity (Wildman–Crippen MR) is 65.3 cm³/mol. The number of hydrogen-bond acceptors (Lipinski definition) is 5. The summed E-state index contributed by atoms with van der Waals surface area (Å²) in [7, 11) is 0. The van der Waals surface area contributed by atoms with Gasteiger partial charge in [0.15, 0.2) is 0 Å². The zero-order valence-corrected chi connectivity index (χ0v) is 10.2. The number of aliphatic hydroxyl groups excluding tert-OH is 2. The van der Waals surface area contributed by atoms with Crippen molar-refractivity contribution in [2.45, 2.75) is 30.7 Å². The summed E-state index contributed by atoms with van der Waals surface area (Å²) in [5, 5.41) is 18.1. The van der Waals surface area contributed by atoms with Crippen LogP contribution in [0.1, 0.15) is 24.4 Å². The average molecular weight is 245 g/mol. The Balaban J connectivity index is 2.58. The fraction of sp³-hybridized carbons (Fsp3) is 0.636. The molecule has 0 aliphatic carbocycles. The van der Waals surface area contributed by atoms with Crippen LogP contribution in [0.2, 0.25) is 0 Å². The van der Waals surface area contributed by atoms with Crippen molar-refractivity contribution in [1.82, 2.24) is 0 Å². The first kappa shape index (κ1) is 13.6. The van der Waals surface area contributed by atoms with Crippen LogP contribution in [0.3, 0.4) is 0 Å². The third kappa shape index (κ3) is 3.83. The van der Waals surface area contributed by atoms with Crippen LogP contribution >= 0.6 is 11.8 Å². The number of furan rings is 1. The van der Waals surface area contributed by atoms with Gasteiger partial charge < -0.3 is 20.4 Å². The highest BCUT2D eigenvalue weighted by Gasteiger charge is 2.22. The molecular weight excluding hydrogens is 226 g/mol. The third-order valence-corrected chi connectivity index (χ3v) is 3.88. The largest absolute Gasteiger partial charge is 0.468 e. The molecule has 0 aromatic carbocycles. The Hall–Kier alpha value is -0.490. The molecule has 4 N–H and O–H groups in total. The van der Waals surface area contributed by atoms with E-state index in [2.05, 4.69) is 0 Å². The Morgan fingerprint density at radius 2 is 2.31 bits per heavy atom. The van der Waals surface area contributed by atoms with Crippen LogP contribution in [0.15, 0.2) is 22.8 Å². The second-order valence-electron chi connectivity index (χ2n) is 3.68. The predicted octanol–water partition coefficient (Wildman–Crippen LogP) is 1.14. The molecule has 5 heteroatoms. The van der Waals surface area contributed by atoms with Crippen LogP contribution < -0.4 is 5.73 Å². The van der Waals surface area contributed by atoms with Crippen LogP contribution in [-0.2, 0) is 0 Å². The summed E-state index contributed by atoms with van der Waals surface area (Å²) in [5.41, 5.74) is 6.01. The molecule has 1 heterocycles. The topological polar surface area (TPSA) is 79.6 Å². The minimum absolute atomic E-state index is 0.0120. The van der Waals surface area contributed by atoms with E-state index in [4.69, 9.17) is 15.3 Å². The van der Waals surface area contributed by atoms with Gasteiger partial charge in [-0.15, -0.1) is 11.8 Å². The monoisotopic (exact) mass is 245 g/mol. The Labute approximate surface area is 99.8 Å². The summed E-state index contributed by atoms with van der Waals surface area (Å²) >= 11 is 1.52. The standard InChI is InChI=1S/C11H19NO3S/c1-2-9(12)11(10-4-3-5-15-10)16-7-8(14)6-13/h3-5,8-9,11,13-14H,2,6-7,12H2,1H3. The Kier molecular flexibility index (Phi) is 5.90. The molecule has 0 amide bonds. The van der Waals surface area contributed by atoms with Crippen LogP contribution in [0.5, 0.6) is 0 Å². The fourth-order valence-corrected chi connectivity index (χ4v) is 2.62. The Morgan fingerprint density at radius 1 is 1.56 bits per heavy atom. The van der Waals surface area contributed by atoms with Gasteiger partial charge in [-0.2, -0.15) is 0 Å². The van der Waals surface area contributed by atoms with E-state index in [0.29, 0.717) is 5.75 Å². The molecule has 0 aliphatic rings. The van der Waals surface area contributed by atoms with Gasteiger partial charge in [0.1, 0.15) is 5.76 Å². The minimum atomic E-state index is -0.702. The highest BCUT2D eigenvalue weighted by Crippen LogP contribution is 2.33. The molecule has 0 spiro atoms. The van der Waals surface area contributed by atoms with E-state index in [-0.39, 0.29) is 17.9 Å². The van der Waals surface area contributed by atoms with E-state index in [1.165, 1.54) is 11.8 Å². The highest BCUT2D eigenvalue weighted by atomic mass is 32.2. The molecule has 1 aromatic heterocycles. The van der Waals surface area contributed by atoms with Gasteiger partial charge in [0.2, 0.25) is 0 Å². The smallest absolute Gasteiger partial charge is 0.118 e. The van der Waals surface area contributed by atoms with Crippen molar-refractivity contribution in [3.8, 4) is 0 Å². The van der Waals surface area contributed by atoms with Gasteiger partial charge in [0.05, 0.1) is 24.2 Å². The van der Waals surface area contributed by atoms with E-state index in [9.17, 15) is 5.11 Å². The number of hydrogen-bond donors (Lipinski definition) is 3. The SMILES string of the molecule is CCC(N)C(SCC(O)CO)c1ccco1. The van der Waals surface area contributed by atoms with Crippen molar-refractivity contribution in [2.75, 3.05) is 12.4 Å². The molecule has 0 fully saturated rings. The molecule has 92 valence electrons. The lowest BCUT2D eigenvalue weighted by Gasteiger charge is -2.21. The van der Waals surface area contributed by atoms with Gasteiger partial charge in [-0.25, -0.2) is 0 Å². The van der Waals surface area contributed by atoms with Crippen LogP contribution in [-0.4, -0.2) is 34.7 Å². The lowest BCUT2D eigenvalue weighted by atomic mass is 10.1. The lowest BCUT2D eigenvalue weighted by Crippen LogP contribution is -2.27. The number of thioether (sulfide) groups is 1. The van der Waals surface area contributed by atoms with Crippen LogP contribution in [0.25, 0.3) is 0 Å². The first-order chi connectivity index (χ1) is 7.69. The summed E-state index contributed by atoms with van der Waals surface area (Å²) in [6.07, 6.45) is 1.76. The first-order valence-corrected chi connectivity index (χ1v) is 6.43. The second kappa shape index (κ2) is 6.96. The fourth-order valence-electron chi connectivity index (χ4n) is 1.35. The zero-order chi connectivity index (χ0) is 12.0. The number of aliphatic hydroxyl groups is 2. The van der Waals surface area contributed by atoms with Crippen LogP contribution in [0.4, 0.5) is 0 Å². The van der Waals surface area contributed by atoms with E-state index in [0.717, 1.165) is 12.2 Å². The summed E-state index contributed by atoms with van der Waals surface area (Å²) in [6.45, 7) is 1.79. The van der Waals surface area contributed by atoms with E-state index >= 15 is 0 Å². The molecule has 0 saturated heterocycles. The van der Waals surface area contributed by atoms with E-state index < -0.39 is 6.10 Å². The van der Waals surface area contributed by atoms with Crippen molar-refractivity contribution in [3.63, 3.8) is 0 Å². The number of nitrogens with two attached hydrogens (primary N) is 1. The molecule has 0 bridgehead atoms. The average Bonchev–Trinajstić information content (AvgIpc) is 2.82. The molecule has 4 nitrogen and oxygen atoms in total. The normalized spacial score (nSPS) is 17.0. The minimum Gasteiger partial charge on any atom is -0.468 e. The van der Waals surface area contributed by atoms with Crippen molar-refractivity contribution < 1.29 is 14.6 Å². The molecule has 3 atom stereocenters. The zero-order valence-electron chi connectivity index (χ0n) is 9.37. The van der Waals surface area contributed by atoms with Crippen molar-refractivity contribution in [2.24, 2.45) is 5.73 Å². The van der Waals surface area contributed by atoms with Crippen LogP contribution in [0, 0.1) is 0 Å². The van der Waals surface area contributed by atoms with Gasteiger partial charge >= 0.3 is 0 Å². The van der Waals surface area contributed by atoms with Crippen molar-refractivity contribution in [3.05, 3.63) is 24.2 Å². The van der Waals surface area contributed by atoms with Crippen molar-refractivity contribution >= 4 is 11.8 Å². The van der Waals surface area contributed by atoms with Gasteiger partial charge in [0.25, 0.3) is 0 Å². The van der Waals surface area contributed by atoms with E-state index in [1.54, 1.807) is 6.26 Å². The maximum atomic E-state index is 9.32. The van der Waals surface area contributed by atoms with Gasteiger partial charge in [-0.3, -0.25) is 0 Å². The van der Waals surface area contributed by atoms with Crippen molar-refractivity contribution in [1.29, 1.82) is 0 Å². The number of rotatable bonds is 7. The molecule has 0 radical (unpaired) electrons. The highest BCUT2D eigenvalue weighted by molar-refractivity contribution is 7.99. The molecule has 0 saturated carbocycles. The third-order valence-electron chi connectivity index (χ3n) is 2.36. The Morgan fingerprint density at radius 3 is 2.81 bits per heavy atom. The molecule has 16 heavy (non-hydrogen) atoms. The lowest BCUT2D eigenvalue weighted by molar-refractivity contribution is 0.113. The second-order valence-corrected chi connectivity index (χ2v) is 4.85. The quantitative estimate of drug-likeness (QED) is 0.671. The molecule has 1 rings (SSSR count). The van der Waals surface area contributed by atoms with Gasteiger partial charge in [0, 0.05) is 11.8 Å². The first-order valence-electron chi connectivity index (χ1n) is 5.38. The summed E-state index contributed by atoms with van der Waals surface area (Å²) in [5.74, 6) is 1.28. The summed E-state index contributed by atoms with van der Waals surface area (Å²) < 4.78 is 5.34. The molecule has 3 unspecified atom stereocenters.